The topological polar surface area (TPSA) is 103 Å². The second-order valence-electron chi connectivity index (χ2n) is 8.79. The number of amides is 2. The van der Waals surface area contributed by atoms with Crippen LogP contribution in [0.3, 0.4) is 0 Å². The van der Waals surface area contributed by atoms with Crippen molar-refractivity contribution < 1.29 is 9.21 Å². The van der Waals surface area contributed by atoms with Crippen molar-refractivity contribution in [1.82, 2.24) is 25.5 Å². The van der Waals surface area contributed by atoms with Gasteiger partial charge in [0.25, 0.3) is 5.56 Å². The minimum absolute atomic E-state index is 0.0337. The lowest BCUT2D eigenvalue weighted by Gasteiger charge is -2.32. The van der Waals surface area contributed by atoms with E-state index in [9.17, 15) is 9.59 Å². The molecule has 1 saturated carbocycles. The smallest absolute Gasteiger partial charge is 0.315 e. The van der Waals surface area contributed by atoms with Crippen LogP contribution in [0.5, 0.6) is 0 Å². The van der Waals surface area contributed by atoms with Gasteiger partial charge in [-0.3, -0.25) is 9.69 Å². The number of para-hydroxylation sites is 1. The number of aromatic nitrogens is 2. The monoisotopic (exact) mass is 423 g/mol. The van der Waals surface area contributed by atoms with Gasteiger partial charge >= 0.3 is 6.03 Å². The van der Waals surface area contributed by atoms with Crippen molar-refractivity contribution in [1.29, 1.82) is 0 Å². The Morgan fingerprint density at radius 1 is 1.06 bits per heavy atom. The lowest BCUT2D eigenvalue weighted by Crippen LogP contribution is -2.50. The number of fused-ring (bicyclic) bond motifs is 3. The van der Waals surface area contributed by atoms with Crippen molar-refractivity contribution in [2.45, 2.75) is 63.6 Å². The zero-order valence-electron chi connectivity index (χ0n) is 17.7. The summed E-state index contributed by atoms with van der Waals surface area (Å²) in [6.45, 7) is 2.27. The molecule has 0 bridgehead atoms. The van der Waals surface area contributed by atoms with Gasteiger partial charge in [-0.2, -0.15) is 0 Å². The van der Waals surface area contributed by atoms with Gasteiger partial charge in [0, 0.05) is 30.6 Å². The van der Waals surface area contributed by atoms with Crippen LogP contribution in [-0.2, 0) is 6.54 Å². The number of likely N-dealkylation sites (tertiary alicyclic amines) is 1. The first kappa shape index (κ1) is 20.1. The molecule has 31 heavy (non-hydrogen) atoms. The SMILES string of the molecule is O=C(NC1CCCCC1)NC1CCN(Cc2nc3c(oc4ccccc43)c(=O)[nH]2)CC1. The Hall–Kier alpha value is -2.87. The van der Waals surface area contributed by atoms with Crippen molar-refractivity contribution in [2.24, 2.45) is 0 Å². The number of hydrogen-bond acceptors (Lipinski definition) is 5. The first-order valence-corrected chi connectivity index (χ1v) is 11.4. The molecule has 2 fully saturated rings. The number of H-pyrrole nitrogens is 1. The number of furan rings is 1. The van der Waals surface area contributed by atoms with Crippen LogP contribution in [0.15, 0.2) is 33.5 Å². The highest BCUT2D eigenvalue weighted by atomic mass is 16.3. The molecule has 8 nitrogen and oxygen atoms in total. The molecular formula is C23H29N5O3. The molecule has 1 aliphatic heterocycles. The number of aromatic amines is 1. The van der Waals surface area contributed by atoms with Crippen LogP contribution < -0.4 is 16.2 Å². The Bertz CT molecular complexity index is 1120. The van der Waals surface area contributed by atoms with E-state index in [1.165, 1.54) is 19.3 Å². The lowest BCUT2D eigenvalue weighted by atomic mass is 9.96. The van der Waals surface area contributed by atoms with Crippen LogP contribution >= 0.6 is 0 Å². The molecule has 3 N–H and O–H groups in total. The highest BCUT2D eigenvalue weighted by Crippen LogP contribution is 2.24. The second-order valence-corrected chi connectivity index (χ2v) is 8.79. The van der Waals surface area contributed by atoms with Gasteiger partial charge in [0.15, 0.2) is 0 Å². The fourth-order valence-electron chi connectivity index (χ4n) is 4.83. The number of piperidine rings is 1. The van der Waals surface area contributed by atoms with Crippen LogP contribution in [0.2, 0.25) is 0 Å². The summed E-state index contributed by atoms with van der Waals surface area (Å²) in [7, 11) is 0. The van der Waals surface area contributed by atoms with Gasteiger partial charge in [0.1, 0.15) is 16.9 Å². The number of urea groups is 1. The van der Waals surface area contributed by atoms with Gasteiger partial charge < -0.3 is 20.0 Å². The average Bonchev–Trinajstić information content (AvgIpc) is 3.15. The van der Waals surface area contributed by atoms with E-state index in [1.54, 1.807) is 0 Å². The standard InChI is InChI=1S/C23H29N5O3/c29-22-21-20(17-8-4-5-9-18(17)31-21)26-19(27-22)14-28-12-10-16(11-13-28)25-23(30)24-15-6-2-1-3-7-15/h4-5,8-9,15-16H,1-3,6-7,10-14H2,(H2,24,25,30)(H,26,27,29). The summed E-state index contributed by atoms with van der Waals surface area (Å²) in [6, 6.07) is 8.05. The zero-order valence-corrected chi connectivity index (χ0v) is 17.7. The highest BCUT2D eigenvalue weighted by Gasteiger charge is 2.23. The molecule has 3 heterocycles. The number of rotatable bonds is 4. The number of hydrogen-bond donors (Lipinski definition) is 3. The van der Waals surface area contributed by atoms with E-state index in [2.05, 4.69) is 25.5 Å². The largest absolute Gasteiger partial charge is 0.449 e. The normalized spacial score (nSPS) is 19.1. The average molecular weight is 424 g/mol. The van der Waals surface area contributed by atoms with E-state index < -0.39 is 0 Å². The zero-order chi connectivity index (χ0) is 21.2. The van der Waals surface area contributed by atoms with Crippen LogP contribution in [-0.4, -0.2) is 46.1 Å². The molecule has 2 aromatic heterocycles. The maximum absolute atomic E-state index is 12.5. The van der Waals surface area contributed by atoms with Crippen LogP contribution in [0.25, 0.3) is 22.1 Å². The Labute approximate surface area is 180 Å². The van der Waals surface area contributed by atoms with Crippen molar-refractivity contribution in [3.8, 4) is 0 Å². The summed E-state index contributed by atoms with van der Waals surface area (Å²) < 4.78 is 5.67. The van der Waals surface area contributed by atoms with E-state index >= 15 is 0 Å². The van der Waals surface area contributed by atoms with Gasteiger partial charge in [-0.05, 0) is 37.8 Å². The Morgan fingerprint density at radius 3 is 2.55 bits per heavy atom. The molecule has 1 aromatic carbocycles. The van der Waals surface area contributed by atoms with Crippen molar-refractivity contribution in [3.63, 3.8) is 0 Å². The molecule has 0 atom stereocenters. The third-order valence-corrected chi connectivity index (χ3v) is 6.52. The van der Waals surface area contributed by atoms with Crippen molar-refractivity contribution in [2.75, 3.05) is 13.1 Å². The van der Waals surface area contributed by atoms with Crippen LogP contribution in [0.1, 0.15) is 50.8 Å². The van der Waals surface area contributed by atoms with Gasteiger partial charge in [-0.25, -0.2) is 9.78 Å². The predicted molar refractivity (Wildman–Crippen MR) is 119 cm³/mol. The van der Waals surface area contributed by atoms with Gasteiger partial charge in [0.2, 0.25) is 5.58 Å². The number of nitrogens with one attached hydrogen (secondary N) is 3. The Balaban J connectivity index is 1.18. The Morgan fingerprint density at radius 2 is 1.77 bits per heavy atom. The maximum Gasteiger partial charge on any atom is 0.315 e. The highest BCUT2D eigenvalue weighted by molar-refractivity contribution is 6.01. The predicted octanol–water partition coefficient (Wildman–Crippen LogP) is 3.27. The fourth-order valence-corrected chi connectivity index (χ4v) is 4.83. The number of carbonyl (C=O) groups excluding carboxylic acids is 1. The van der Waals surface area contributed by atoms with Gasteiger partial charge in [-0.1, -0.05) is 31.4 Å². The minimum Gasteiger partial charge on any atom is -0.449 e. The van der Waals surface area contributed by atoms with E-state index in [1.807, 2.05) is 24.3 Å². The molecule has 0 unspecified atom stereocenters. The summed E-state index contributed by atoms with van der Waals surface area (Å²) in [5, 5.41) is 7.13. The van der Waals surface area contributed by atoms with Crippen molar-refractivity contribution in [3.05, 3.63) is 40.4 Å². The maximum atomic E-state index is 12.5. The molecule has 8 heteroatoms. The van der Waals surface area contributed by atoms with Crippen LogP contribution in [0.4, 0.5) is 4.79 Å². The lowest BCUT2D eigenvalue weighted by molar-refractivity contribution is 0.181. The molecule has 0 radical (unpaired) electrons. The first-order valence-electron chi connectivity index (χ1n) is 11.4. The summed E-state index contributed by atoms with van der Waals surface area (Å²) in [5.74, 6) is 0.644. The number of carbonyl (C=O) groups is 1. The quantitative estimate of drug-likeness (QED) is 0.598. The molecule has 5 rings (SSSR count). The van der Waals surface area contributed by atoms with E-state index in [4.69, 9.17) is 4.42 Å². The summed E-state index contributed by atoms with van der Waals surface area (Å²) in [6.07, 6.45) is 7.65. The summed E-state index contributed by atoms with van der Waals surface area (Å²) in [5.41, 5.74) is 1.32. The molecule has 164 valence electrons. The number of nitrogens with zero attached hydrogens (tertiary/aromatic N) is 2. The van der Waals surface area contributed by atoms with Gasteiger partial charge in [-0.15, -0.1) is 0 Å². The molecule has 1 saturated heterocycles. The fraction of sp³-hybridized carbons (Fsp3) is 0.522. The van der Waals surface area contributed by atoms with Crippen LogP contribution in [0, 0.1) is 0 Å². The third-order valence-electron chi connectivity index (χ3n) is 6.52. The molecule has 3 aromatic rings. The second kappa shape index (κ2) is 8.70. The first-order chi connectivity index (χ1) is 15.2. The van der Waals surface area contributed by atoms with E-state index in [-0.39, 0.29) is 23.2 Å². The van der Waals surface area contributed by atoms with Gasteiger partial charge in [0.05, 0.1) is 6.54 Å². The molecule has 2 aliphatic rings. The van der Waals surface area contributed by atoms with Crippen molar-refractivity contribution >= 4 is 28.1 Å². The summed E-state index contributed by atoms with van der Waals surface area (Å²) >= 11 is 0. The molecule has 0 spiro atoms. The molecular weight excluding hydrogens is 394 g/mol. The Kier molecular flexibility index (Phi) is 5.63. The molecule has 2 amide bonds. The minimum atomic E-state index is -0.243. The molecule has 1 aliphatic carbocycles. The third kappa shape index (κ3) is 4.44. The van der Waals surface area contributed by atoms with E-state index in [0.717, 1.165) is 44.2 Å². The van der Waals surface area contributed by atoms with E-state index in [0.29, 0.717) is 29.5 Å². The summed E-state index contributed by atoms with van der Waals surface area (Å²) in [4.78, 5) is 34.6. The number of benzene rings is 1.